The van der Waals surface area contributed by atoms with Gasteiger partial charge in [0.05, 0.1) is 0 Å². The summed E-state index contributed by atoms with van der Waals surface area (Å²) in [6.45, 7) is 4.09. The van der Waals surface area contributed by atoms with Gasteiger partial charge in [-0.3, -0.25) is 4.79 Å². The third-order valence-electron chi connectivity index (χ3n) is 1.10. The summed E-state index contributed by atoms with van der Waals surface area (Å²) in [6, 6.07) is 0. The molecule has 0 unspecified atom stereocenters. The molecular weight excluding hydrogens is 128 g/mol. The molecular formula is C8H12O2. The molecule has 10 heavy (non-hydrogen) atoms. The lowest BCUT2D eigenvalue weighted by Crippen LogP contribution is -2.01. The molecule has 2 nitrogen and oxygen atoms in total. The van der Waals surface area contributed by atoms with E-state index in [-0.39, 0.29) is 5.97 Å². The minimum absolute atomic E-state index is 0.309. The maximum absolute atomic E-state index is 10.6. The van der Waals surface area contributed by atoms with Crippen LogP contribution in [0.3, 0.4) is 0 Å². The van der Waals surface area contributed by atoms with Crippen molar-refractivity contribution >= 4 is 5.97 Å². The van der Waals surface area contributed by atoms with E-state index < -0.39 is 0 Å². The minimum atomic E-state index is -0.309. The quantitative estimate of drug-likeness (QED) is 0.439. The van der Waals surface area contributed by atoms with E-state index in [0.29, 0.717) is 12.3 Å². The van der Waals surface area contributed by atoms with Crippen LogP contribution in [0.15, 0.2) is 0 Å². The van der Waals surface area contributed by atoms with Crippen molar-refractivity contribution in [3.05, 3.63) is 0 Å². The van der Waals surface area contributed by atoms with E-state index in [9.17, 15) is 4.79 Å². The summed E-state index contributed by atoms with van der Waals surface area (Å²) in [5.74, 6) is 0.210. The van der Waals surface area contributed by atoms with Crippen LogP contribution in [0.25, 0.3) is 0 Å². The molecule has 0 rings (SSSR count). The van der Waals surface area contributed by atoms with Crippen LogP contribution in [0, 0.1) is 18.4 Å². The highest BCUT2D eigenvalue weighted by Gasteiger charge is 2.02. The van der Waals surface area contributed by atoms with E-state index >= 15 is 0 Å². The van der Waals surface area contributed by atoms with Gasteiger partial charge in [-0.25, -0.2) is 0 Å². The Morgan fingerprint density at radius 2 is 2.30 bits per heavy atom. The molecule has 0 aliphatic heterocycles. The van der Waals surface area contributed by atoms with E-state index in [2.05, 4.69) is 4.74 Å². The summed E-state index contributed by atoms with van der Waals surface area (Å²) in [7, 11) is 0. The van der Waals surface area contributed by atoms with Gasteiger partial charge in [-0.1, -0.05) is 20.3 Å². The molecule has 0 amide bonds. The van der Waals surface area contributed by atoms with Crippen molar-refractivity contribution in [1.82, 2.24) is 0 Å². The minimum Gasteiger partial charge on any atom is -0.372 e. The normalized spacial score (nSPS) is 9.00. The molecule has 0 N–H and O–H groups in total. The molecule has 0 atom stereocenters. The van der Waals surface area contributed by atoms with Crippen LogP contribution in [0.4, 0.5) is 0 Å². The average molecular weight is 140 g/mol. The molecule has 0 radical (unpaired) electrons. The third-order valence-corrected chi connectivity index (χ3v) is 1.10. The van der Waals surface area contributed by atoms with Gasteiger partial charge in [-0.15, -0.1) is 0 Å². The first-order chi connectivity index (χ1) is 4.66. The summed E-state index contributed by atoms with van der Waals surface area (Å²) >= 11 is 0. The average Bonchev–Trinajstić information content (AvgIpc) is 1.85. The van der Waals surface area contributed by atoms with Gasteiger partial charge in [0, 0.05) is 6.42 Å². The van der Waals surface area contributed by atoms with Crippen LogP contribution >= 0.6 is 0 Å². The molecule has 0 aromatic carbocycles. The molecule has 0 aliphatic carbocycles. The summed E-state index contributed by atoms with van der Waals surface area (Å²) in [6.07, 6.45) is 7.84. The second-order valence-corrected chi connectivity index (χ2v) is 2.52. The topological polar surface area (TPSA) is 26.3 Å². The van der Waals surface area contributed by atoms with E-state index in [1.165, 1.54) is 0 Å². The van der Waals surface area contributed by atoms with Crippen molar-refractivity contribution in [2.75, 3.05) is 0 Å². The predicted molar refractivity (Wildman–Crippen MR) is 39.0 cm³/mol. The monoisotopic (exact) mass is 140 g/mol. The zero-order chi connectivity index (χ0) is 7.98. The first-order valence-corrected chi connectivity index (χ1v) is 3.32. The van der Waals surface area contributed by atoms with Crippen molar-refractivity contribution in [2.45, 2.75) is 26.7 Å². The number of rotatable bonds is 3. The number of ether oxygens (including phenoxy) is 1. The Kier molecular flexibility index (Phi) is 4.39. The van der Waals surface area contributed by atoms with Crippen LogP contribution in [-0.2, 0) is 9.53 Å². The fourth-order valence-electron chi connectivity index (χ4n) is 0.523. The lowest BCUT2D eigenvalue weighted by atomic mass is 10.1. The number of carbonyl (C=O) groups excluding carboxylic acids is 1. The number of carbonyl (C=O) groups is 1. The number of hydrogen-bond donors (Lipinski definition) is 0. The summed E-state index contributed by atoms with van der Waals surface area (Å²) in [5.41, 5.74) is 0. The molecule has 56 valence electrons. The molecule has 0 aromatic heterocycles. The van der Waals surface area contributed by atoms with Gasteiger partial charge in [0.2, 0.25) is 0 Å². The number of hydrogen-bond acceptors (Lipinski definition) is 2. The standard InChI is InChI=1S/C8H12O2/c1-4-10-8(9)6-5-7(2)3/h1,7H,5-6H2,2-3H3. The first kappa shape index (κ1) is 9.03. The Bertz CT molecular complexity index is 142. The van der Waals surface area contributed by atoms with Crippen LogP contribution in [0.2, 0.25) is 0 Å². The molecule has 0 fully saturated rings. The summed E-state index contributed by atoms with van der Waals surface area (Å²) in [4.78, 5) is 10.6. The summed E-state index contributed by atoms with van der Waals surface area (Å²) < 4.78 is 4.28. The smallest absolute Gasteiger partial charge is 0.319 e. The lowest BCUT2D eigenvalue weighted by molar-refractivity contribution is -0.137. The third kappa shape index (κ3) is 5.17. The second-order valence-electron chi connectivity index (χ2n) is 2.52. The highest BCUT2D eigenvalue weighted by molar-refractivity contribution is 5.70. The van der Waals surface area contributed by atoms with Crippen molar-refractivity contribution in [2.24, 2.45) is 5.92 Å². The largest absolute Gasteiger partial charge is 0.372 e. The molecule has 0 aromatic rings. The lowest BCUT2D eigenvalue weighted by Gasteiger charge is -2.00. The fraction of sp³-hybridized carbons (Fsp3) is 0.625. The Morgan fingerprint density at radius 1 is 1.70 bits per heavy atom. The SMILES string of the molecule is C#COC(=O)CCC(C)C. The zero-order valence-corrected chi connectivity index (χ0v) is 6.39. The second kappa shape index (κ2) is 4.87. The Morgan fingerprint density at radius 3 is 2.70 bits per heavy atom. The molecule has 0 spiro atoms. The van der Waals surface area contributed by atoms with Crippen molar-refractivity contribution < 1.29 is 9.53 Å². The van der Waals surface area contributed by atoms with Crippen molar-refractivity contribution in [3.8, 4) is 12.5 Å². The maximum atomic E-state index is 10.6. The van der Waals surface area contributed by atoms with E-state index in [0.717, 1.165) is 6.42 Å². The van der Waals surface area contributed by atoms with E-state index in [1.807, 2.05) is 20.0 Å². The van der Waals surface area contributed by atoms with Gasteiger partial charge in [-0.05, 0) is 12.3 Å². The van der Waals surface area contributed by atoms with Gasteiger partial charge in [0.25, 0.3) is 0 Å². The fourth-order valence-corrected chi connectivity index (χ4v) is 0.523. The predicted octanol–water partition coefficient (Wildman–Crippen LogP) is 1.56. The van der Waals surface area contributed by atoms with Gasteiger partial charge in [0.15, 0.2) is 0 Å². The van der Waals surface area contributed by atoms with Crippen molar-refractivity contribution in [1.29, 1.82) is 0 Å². The highest BCUT2D eigenvalue weighted by Crippen LogP contribution is 2.03. The first-order valence-electron chi connectivity index (χ1n) is 3.32. The Hall–Kier alpha value is -0.970. The van der Waals surface area contributed by atoms with Gasteiger partial charge in [-0.2, -0.15) is 0 Å². The molecule has 0 saturated carbocycles. The van der Waals surface area contributed by atoms with Crippen molar-refractivity contribution in [3.63, 3.8) is 0 Å². The van der Waals surface area contributed by atoms with Crippen LogP contribution in [0.1, 0.15) is 26.7 Å². The zero-order valence-electron chi connectivity index (χ0n) is 6.39. The number of terminal acetylenes is 1. The Labute approximate surface area is 61.6 Å². The van der Waals surface area contributed by atoms with Crippen LogP contribution in [-0.4, -0.2) is 5.97 Å². The van der Waals surface area contributed by atoms with Gasteiger partial charge in [0.1, 0.15) is 6.11 Å². The summed E-state index contributed by atoms with van der Waals surface area (Å²) in [5, 5.41) is 0. The molecule has 0 heterocycles. The Balaban J connectivity index is 3.33. The van der Waals surface area contributed by atoms with E-state index in [4.69, 9.17) is 6.42 Å². The molecule has 0 bridgehead atoms. The number of esters is 1. The maximum Gasteiger partial charge on any atom is 0.319 e. The molecule has 0 aliphatic rings. The van der Waals surface area contributed by atoms with Crippen LogP contribution < -0.4 is 0 Å². The van der Waals surface area contributed by atoms with Gasteiger partial charge >= 0.3 is 5.97 Å². The molecule has 2 heteroatoms. The van der Waals surface area contributed by atoms with E-state index in [1.54, 1.807) is 0 Å². The molecule has 0 saturated heterocycles. The van der Waals surface area contributed by atoms with Gasteiger partial charge < -0.3 is 4.74 Å². The highest BCUT2D eigenvalue weighted by atomic mass is 16.5. The van der Waals surface area contributed by atoms with Crippen LogP contribution in [0.5, 0.6) is 0 Å².